The third-order valence-corrected chi connectivity index (χ3v) is 1.68. The molecule has 1 amide bonds. The lowest BCUT2D eigenvalue weighted by Crippen LogP contribution is -2.39. The van der Waals surface area contributed by atoms with Crippen LogP contribution in [-0.2, 0) is 0 Å². The van der Waals surface area contributed by atoms with E-state index in [1.807, 2.05) is 0 Å². The van der Waals surface area contributed by atoms with Crippen LogP contribution in [0.5, 0.6) is 0 Å². The van der Waals surface area contributed by atoms with Gasteiger partial charge in [0.05, 0.1) is 12.3 Å². The van der Waals surface area contributed by atoms with Crippen LogP contribution in [0.25, 0.3) is 0 Å². The molecule has 11 heavy (non-hydrogen) atoms. The highest BCUT2D eigenvalue weighted by atomic mass is 16.4. The summed E-state index contributed by atoms with van der Waals surface area (Å²) in [5, 5.41) is 19.9. The molecule has 5 nitrogen and oxygen atoms in total. The van der Waals surface area contributed by atoms with Crippen molar-refractivity contribution in [1.29, 1.82) is 0 Å². The summed E-state index contributed by atoms with van der Waals surface area (Å²) in [6.07, 6.45) is 0.484. The minimum Gasteiger partial charge on any atom is -0.465 e. The molecule has 0 saturated carbocycles. The number of likely N-dealkylation sites (tertiary alicyclic amines) is 1. The minimum absolute atomic E-state index is 0.242. The fourth-order valence-electron chi connectivity index (χ4n) is 1.10. The van der Waals surface area contributed by atoms with Gasteiger partial charge in [0, 0.05) is 6.54 Å². The summed E-state index contributed by atoms with van der Waals surface area (Å²) in [6.45, 7) is 0.778. The third kappa shape index (κ3) is 1.83. The molecule has 1 fully saturated rings. The summed E-state index contributed by atoms with van der Waals surface area (Å²) in [6, 6.07) is 0. The van der Waals surface area contributed by atoms with E-state index < -0.39 is 6.09 Å². The lowest BCUT2D eigenvalue weighted by Gasteiger charge is -2.23. The quantitative estimate of drug-likeness (QED) is 0.400. The molecule has 0 aromatic rings. The molecular formula is C6H10N2O3. The summed E-state index contributed by atoms with van der Waals surface area (Å²) >= 11 is 0. The van der Waals surface area contributed by atoms with E-state index in [1.165, 1.54) is 4.90 Å². The van der Waals surface area contributed by atoms with Crippen molar-refractivity contribution in [2.75, 3.05) is 13.1 Å². The first-order valence-electron chi connectivity index (χ1n) is 3.41. The number of hydrogen-bond acceptors (Lipinski definition) is 3. The van der Waals surface area contributed by atoms with Gasteiger partial charge >= 0.3 is 6.09 Å². The Balaban J connectivity index is 2.53. The maximum atomic E-state index is 10.4. The van der Waals surface area contributed by atoms with Gasteiger partial charge in [-0.15, -0.1) is 0 Å². The van der Waals surface area contributed by atoms with Crippen LogP contribution in [-0.4, -0.2) is 40.1 Å². The van der Waals surface area contributed by atoms with Gasteiger partial charge in [-0.2, -0.15) is 0 Å². The van der Waals surface area contributed by atoms with Crippen LogP contribution in [0.3, 0.4) is 0 Å². The zero-order valence-electron chi connectivity index (χ0n) is 6.03. The van der Waals surface area contributed by atoms with Gasteiger partial charge in [0.2, 0.25) is 0 Å². The number of hydrogen-bond donors (Lipinski definition) is 2. The number of piperidine rings is 1. The van der Waals surface area contributed by atoms with Gasteiger partial charge in [0.15, 0.2) is 0 Å². The molecule has 1 rings (SSSR count). The molecule has 1 heterocycles. The average Bonchev–Trinajstić information content (AvgIpc) is 2.05. The van der Waals surface area contributed by atoms with Gasteiger partial charge in [-0.05, 0) is 12.8 Å². The number of carbonyl (C=O) groups is 1. The van der Waals surface area contributed by atoms with Crippen molar-refractivity contribution in [1.82, 2.24) is 4.90 Å². The van der Waals surface area contributed by atoms with Crippen molar-refractivity contribution in [2.24, 2.45) is 5.16 Å². The minimum atomic E-state index is -0.953. The highest BCUT2D eigenvalue weighted by Gasteiger charge is 2.19. The zero-order valence-corrected chi connectivity index (χ0v) is 6.03. The van der Waals surface area contributed by atoms with Crippen molar-refractivity contribution in [2.45, 2.75) is 12.8 Å². The topological polar surface area (TPSA) is 73.1 Å². The van der Waals surface area contributed by atoms with Gasteiger partial charge in [-0.3, -0.25) is 0 Å². The van der Waals surface area contributed by atoms with E-state index in [9.17, 15) is 4.79 Å². The van der Waals surface area contributed by atoms with Crippen LogP contribution in [0.1, 0.15) is 12.8 Å². The fraction of sp³-hybridized carbons (Fsp3) is 0.667. The second-order valence-electron chi connectivity index (χ2n) is 2.47. The predicted octanol–water partition coefficient (Wildman–Crippen LogP) is 0.590. The van der Waals surface area contributed by atoms with Crippen LogP contribution < -0.4 is 0 Å². The number of oxime groups is 1. The second kappa shape index (κ2) is 3.23. The number of nitrogens with zero attached hydrogens (tertiary/aromatic N) is 2. The lowest BCUT2D eigenvalue weighted by molar-refractivity contribution is 0.148. The Morgan fingerprint density at radius 2 is 2.36 bits per heavy atom. The molecule has 0 radical (unpaired) electrons. The first-order valence-corrected chi connectivity index (χ1v) is 3.41. The van der Waals surface area contributed by atoms with Crippen LogP contribution in [0.15, 0.2) is 5.16 Å². The van der Waals surface area contributed by atoms with Crippen LogP contribution in [0, 0.1) is 0 Å². The van der Waals surface area contributed by atoms with Crippen molar-refractivity contribution in [3.63, 3.8) is 0 Å². The monoisotopic (exact) mass is 158 g/mol. The Morgan fingerprint density at radius 1 is 1.64 bits per heavy atom. The molecule has 0 bridgehead atoms. The molecule has 2 N–H and O–H groups in total. The van der Waals surface area contributed by atoms with Crippen molar-refractivity contribution in [3.05, 3.63) is 0 Å². The van der Waals surface area contributed by atoms with Crippen molar-refractivity contribution < 1.29 is 15.1 Å². The summed E-state index contributed by atoms with van der Waals surface area (Å²) in [7, 11) is 0. The Morgan fingerprint density at radius 3 is 2.91 bits per heavy atom. The lowest BCUT2D eigenvalue weighted by atomic mass is 10.1. The van der Waals surface area contributed by atoms with E-state index in [1.54, 1.807) is 0 Å². The van der Waals surface area contributed by atoms with E-state index in [0.717, 1.165) is 6.42 Å². The van der Waals surface area contributed by atoms with Gasteiger partial charge in [0.25, 0.3) is 0 Å². The molecule has 0 aromatic heterocycles. The molecule has 1 saturated heterocycles. The Labute approximate surface area is 63.9 Å². The highest BCUT2D eigenvalue weighted by molar-refractivity contribution is 5.89. The molecule has 1 aliphatic heterocycles. The number of amides is 1. The molecular weight excluding hydrogens is 148 g/mol. The molecule has 1 aliphatic rings. The van der Waals surface area contributed by atoms with E-state index in [0.29, 0.717) is 18.7 Å². The van der Waals surface area contributed by atoms with E-state index in [-0.39, 0.29) is 6.54 Å². The molecule has 62 valence electrons. The summed E-state index contributed by atoms with van der Waals surface area (Å²) < 4.78 is 0. The van der Waals surface area contributed by atoms with Crippen LogP contribution in [0.2, 0.25) is 0 Å². The normalized spacial score (nSPS) is 22.2. The third-order valence-electron chi connectivity index (χ3n) is 1.68. The van der Waals surface area contributed by atoms with E-state index in [4.69, 9.17) is 10.3 Å². The maximum Gasteiger partial charge on any atom is 0.407 e. The van der Waals surface area contributed by atoms with Crippen LogP contribution >= 0.6 is 0 Å². The average molecular weight is 158 g/mol. The summed E-state index contributed by atoms with van der Waals surface area (Å²) in [5.41, 5.74) is 0.540. The second-order valence-corrected chi connectivity index (χ2v) is 2.47. The maximum absolute atomic E-state index is 10.4. The van der Waals surface area contributed by atoms with E-state index in [2.05, 4.69) is 5.16 Å². The molecule has 0 spiro atoms. The predicted molar refractivity (Wildman–Crippen MR) is 38.1 cm³/mol. The standard InChI is InChI=1S/C6H10N2O3/c9-6(10)8-3-1-2-5(4-8)7-11/h11H,1-4H2,(H,9,10)/b7-5-. The van der Waals surface area contributed by atoms with Crippen molar-refractivity contribution in [3.8, 4) is 0 Å². The summed E-state index contributed by atoms with van der Waals surface area (Å²) in [5.74, 6) is 0. The SMILES string of the molecule is O=C(O)N1CCC/C(=N/O)C1. The number of rotatable bonds is 0. The number of carboxylic acid groups (broad SMARTS) is 1. The van der Waals surface area contributed by atoms with Gasteiger partial charge in [-0.25, -0.2) is 4.79 Å². The molecule has 0 atom stereocenters. The first-order chi connectivity index (χ1) is 5.24. The highest BCUT2D eigenvalue weighted by Crippen LogP contribution is 2.06. The molecule has 5 heteroatoms. The van der Waals surface area contributed by atoms with Gasteiger partial charge < -0.3 is 15.2 Å². The Kier molecular flexibility index (Phi) is 2.30. The van der Waals surface area contributed by atoms with Gasteiger partial charge in [-0.1, -0.05) is 5.16 Å². The van der Waals surface area contributed by atoms with Crippen LogP contribution in [0.4, 0.5) is 4.79 Å². The summed E-state index contributed by atoms with van der Waals surface area (Å²) in [4.78, 5) is 11.6. The van der Waals surface area contributed by atoms with Crippen molar-refractivity contribution >= 4 is 11.8 Å². The molecule has 0 aromatic carbocycles. The molecule has 0 aliphatic carbocycles. The molecule has 0 unspecified atom stereocenters. The Hall–Kier alpha value is -1.26. The fourth-order valence-corrected chi connectivity index (χ4v) is 1.10. The van der Waals surface area contributed by atoms with E-state index >= 15 is 0 Å². The largest absolute Gasteiger partial charge is 0.465 e. The smallest absolute Gasteiger partial charge is 0.407 e. The Bertz CT molecular complexity index is 190. The van der Waals surface area contributed by atoms with Gasteiger partial charge in [0.1, 0.15) is 0 Å². The zero-order chi connectivity index (χ0) is 8.27. The first kappa shape index (κ1) is 7.84.